The second-order valence-corrected chi connectivity index (χ2v) is 9.14. The van der Waals surface area contributed by atoms with Crippen molar-refractivity contribution in [1.29, 1.82) is 0 Å². The fourth-order valence-electron chi connectivity index (χ4n) is 2.13. The van der Waals surface area contributed by atoms with Gasteiger partial charge >= 0.3 is 0 Å². The summed E-state index contributed by atoms with van der Waals surface area (Å²) in [6.45, 7) is 5.67. The number of nitrogens with two attached hydrogens (primary N) is 1. The third-order valence-electron chi connectivity index (χ3n) is 3.41. The van der Waals surface area contributed by atoms with E-state index in [4.69, 9.17) is 5.73 Å². The summed E-state index contributed by atoms with van der Waals surface area (Å²) < 4.78 is 28.8. The van der Waals surface area contributed by atoms with Crippen molar-refractivity contribution in [3.8, 4) is 0 Å². The maximum absolute atomic E-state index is 12.6. The number of nitrogen functional groups attached to an aromatic ring is 1. The molecule has 0 amide bonds. The van der Waals surface area contributed by atoms with Crippen LogP contribution in [0.25, 0.3) is 0 Å². The van der Waals surface area contributed by atoms with Crippen molar-refractivity contribution < 1.29 is 8.42 Å². The average Bonchev–Trinajstić information content (AvgIpc) is 2.80. The number of rotatable bonds is 4. The number of hydrogen-bond acceptors (Lipinski definition) is 4. The lowest BCUT2D eigenvalue weighted by Gasteiger charge is -2.15. The second kappa shape index (κ2) is 6.08. The van der Waals surface area contributed by atoms with Gasteiger partial charge in [0.2, 0.25) is 10.0 Å². The van der Waals surface area contributed by atoms with Gasteiger partial charge in [-0.1, -0.05) is 0 Å². The molecule has 0 aliphatic rings. The molecule has 114 valence electrons. The van der Waals surface area contributed by atoms with Crippen LogP contribution in [0.2, 0.25) is 0 Å². The van der Waals surface area contributed by atoms with Gasteiger partial charge in [0.25, 0.3) is 0 Å². The third kappa shape index (κ3) is 3.48. The maximum atomic E-state index is 12.6. The molecule has 0 radical (unpaired) electrons. The monoisotopic (exact) mass is 388 g/mol. The molecule has 0 unspecified atom stereocenters. The number of sulfonamides is 1. The highest BCUT2D eigenvalue weighted by atomic mass is 79.9. The van der Waals surface area contributed by atoms with Crippen LogP contribution in [0.5, 0.6) is 0 Å². The Morgan fingerprint density at radius 1 is 1.24 bits per heavy atom. The zero-order valence-electron chi connectivity index (χ0n) is 12.0. The molecule has 0 atom stereocenters. The number of thiophene rings is 1. The Morgan fingerprint density at radius 2 is 1.90 bits per heavy atom. The number of aryl methyl sites for hydroxylation is 1. The molecule has 0 aliphatic heterocycles. The number of anilines is 1. The SMILES string of the molecule is Cc1cc(N)c(C)c(S(=O)(=O)NCc2ccc(Br)s2)c1C. The summed E-state index contributed by atoms with van der Waals surface area (Å²) in [6.07, 6.45) is 0. The molecule has 4 nitrogen and oxygen atoms in total. The smallest absolute Gasteiger partial charge is 0.241 e. The molecule has 7 heteroatoms. The molecule has 3 N–H and O–H groups in total. The third-order valence-corrected chi connectivity index (χ3v) is 6.71. The van der Waals surface area contributed by atoms with E-state index < -0.39 is 10.0 Å². The van der Waals surface area contributed by atoms with Gasteiger partial charge in [-0.25, -0.2) is 13.1 Å². The zero-order chi connectivity index (χ0) is 15.8. The van der Waals surface area contributed by atoms with Gasteiger partial charge in [-0.05, 0) is 71.6 Å². The van der Waals surface area contributed by atoms with Crippen LogP contribution < -0.4 is 10.5 Å². The molecule has 1 aromatic heterocycles. The minimum atomic E-state index is -3.59. The molecule has 0 saturated heterocycles. The molecule has 0 spiro atoms. The van der Waals surface area contributed by atoms with Gasteiger partial charge in [0.1, 0.15) is 0 Å². The minimum Gasteiger partial charge on any atom is -0.398 e. The van der Waals surface area contributed by atoms with E-state index in [0.717, 1.165) is 19.8 Å². The van der Waals surface area contributed by atoms with Crippen LogP contribution in [0.3, 0.4) is 0 Å². The minimum absolute atomic E-state index is 0.269. The molecular weight excluding hydrogens is 372 g/mol. The van der Waals surface area contributed by atoms with Crippen molar-refractivity contribution in [2.75, 3.05) is 5.73 Å². The number of nitrogens with one attached hydrogen (secondary N) is 1. The van der Waals surface area contributed by atoms with Gasteiger partial charge < -0.3 is 5.73 Å². The lowest BCUT2D eigenvalue weighted by atomic mass is 10.1. The summed E-state index contributed by atoms with van der Waals surface area (Å²) >= 11 is 4.87. The molecular formula is C14H17BrN2O2S2. The Hall–Kier alpha value is -0.890. The Bertz CT molecular complexity index is 756. The van der Waals surface area contributed by atoms with E-state index in [0.29, 0.717) is 11.3 Å². The standard InChI is InChI=1S/C14H17BrN2O2S2/c1-8-6-12(16)10(3)14(9(8)2)21(18,19)17-7-11-4-5-13(15)20-11/h4-6,17H,7,16H2,1-3H3. The topological polar surface area (TPSA) is 72.2 Å². The van der Waals surface area contributed by atoms with Gasteiger partial charge in [-0.2, -0.15) is 0 Å². The van der Waals surface area contributed by atoms with Crippen LogP contribution in [0.1, 0.15) is 21.6 Å². The number of halogens is 1. The van der Waals surface area contributed by atoms with Crippen LogP contribution in [0.15, 0.2) is 26.9 Å². The lowest BCUT2D eigenvalue weighted by molar-refractivity contribution is 0.580. The van der Waals surface area contributed by atoms with Crippen molar-refractivity contribution in [2.24, 2.45) is 0 Å². The highest BCUT2D eigenvalue weighted by molar-refractivity contribution is 9.11. The van der Waals surface area contributed by atoms with E-state index in [1.165, 1.54) is 11.3 Å². The van der Waals surface area contributed by atoms with Crippen molar-refractivity contribution in [3.05, 3.63) is 43.6 Å². The fourth-order valence-corrected chi connectivity index (χ4v) is 5.22. The zero-order valence-corrected chi connectivity index (χ0v) is 15.2. The van der Waals surface area contributed by atoms with E-state index in [9.17, 15) is 8.42 Å². The summed E-state index contributed by atoms with van der Waals surface area (Å²) in [4.78, 5) is 1.23. The summed E-state index contributed by atoms with van der Waals surface area (Å²) in [5, 5.41) is 0. The van der Waals surface area contributed by atoms with Gasteiger partial charge in [0.15, 0.2) is 0 Å². The summed E-state index contributed by atoms with van der Waals surface area (Å²) in [5.74, 6) is 0. The van der Waals surface area contributed by atoms with E-state index in [2.05, 4.69) is 20.7 Å². The first-order chi connectivity index (χ1) is 9.72. The van der Waals surface area contributed by atoms with Crippen LogP contribution >= 0.6 is 27.3 Å². The van der Waals surface area contributed by atoms with Gasteiger partial charge in [0.05, 0.1) is 8.68 Å². The predicted molar refractivity (Wildman–Crippen MR) is 91.1 cm³/mol. The largest absolute Gasteiger partial charge is 0.398 e. The van der Waals surface area contributed by atoms with Crippen molar-refractivity contribution in [1.82, 2.24) is 4.72 Å². The second-order valence-electron chi connectivity index (χ2n) is 4.89. The molecule has 0 fully saturated rings. The highest BCUT2D eigenvalue weighted by Gasteiger charge is 2.22. The first-order valence-corrected chi connectivity index (χ1v) is 9.42. The maximum Gasteiger partial charge on any atom is 0.241 e. The lowest BCUT2D eigenvalue weighted by Crippen LogP contribution is -2.25. The van der Waals surface area contributed by atoms with Crippen LogP contribution in [-0.4, -0.2) is 8.42 Å². The molecule has 2 rings (SSSR count). The molecule has 1 aromatic carbocycles. The summed E-state index contributed by atoms with van der Waals surface area (Å²) in [5.41, 5.74) is 8.60. The Labute approximate surface area is 137 Å². The van der Waals surface area contributed by atoms with Crippen molar-refractivity contribution >= 4 is 43.0 Å². The molecule has 1 heterocycles. The highest BCUT2D eigenvalue weighted by Crippen LogP contribution is 2.28. The van der Waals surface area contributed by atoms with E-state index in [-0.39, 0.29) is 11.4 Å². The van der Waals surface area contributed by atoms with Gasteiger partial charge in [-0.15, -0.1) is 11.3 Å². The molecule has 0 saturated carbocycles. The van der Waals surface area contributed by atoms with E-state index in [1.807, 2.05) is 19.1 Å². The normalized spacial score (nSPS) is 11.8. The van der Waals surface area contributed by atoms with Gasteiger partial charge in [0, 0.05) is 17.1 Å². The average molecular weight is 389 g/mol. The molecule has 0 bridgehead atoms. The predicted octanol–water partition coefficient (Wildman–Crippen LogP) is 3.50. The van der Waals surface area contributed by atoms with Crippen LogP contribution in [-0.2, 0) is 16.6 Å². The quantitative estimate of drug-likeness (QED) is 0.787. The van der Waals surface area contributed by atoms with Crippen molar-refractivity contribution in [3.63, 3.8) is 0 Å². The molecule has 21 heavy (non-hydrogen) atoms. The first kappa shape index (κ1) is 16.5. The Morgan fingerprint density at radius 3 is 2.48 bits per heavy atom. The Balaban J connectivity index is 2.36. The molecule has 0 aliphatic carbocycles. The van der Waals surface area contributed by atoms with E-state index >= 15 is 0 Å². The summed E-state index contributed by atoms with van der Waals surface area (Å²) in [7, 11) is -3.59. The fraction of sp³-hybridized carbons (Fsp3) is 0.286. The number of benzene rings is 1. The van der Waals surface area contributed by atoms with Crippen molar-refractivity contribution in [2.45, 2.75) is 32.2 Å². The summed E-state index contributed by atoms with van der Waals surface area (Å²) in [6, 6.07) is 5.59. The number of hydrogen-bond donors (Lipinski definition) is 2. The van der Waals surface area contributed by atoms with Crippen LogP contribution in [0, 0.1) is 20.8 Å². The molecule has 2 aromatic rings. The van der Waals surface area contributed by atoms with Crippen LogP contribution in [0.4, 0.5) is 5.69 Å². The van der Waals surface area contributed by atoms with Gasteiger partial charge in [-0.3, -0.25) is 0 Å². The van der Waals surface area contributed by atoms with E-state index in [1.54, 1.807) is 19.9 Å². The Kier molecular flexibility index (Phi) is 4.77. The first-order valence-electron chi connectivity index (χ1n) is 6.32.